The zero-order valence-electron chi connectivity index (χ0n) is 19.8. The van der Waals surface area contributed by atoms with Gasteiger partial charge in [0.2, 0.25) is 0 Å². The first-order valence-electron chi connectivity index (χ1n) is 13.0. The van der Waals surface area contributed by atoms with E-state index in [2.05, 4.69) is 90.7 Å². The van der Waals surface area contributed by atoms with Crippen molar-refractivity contribution in [2.75, 3.05) is 4.90 Å². The van der Waals surface area contributed by atoms with Gasteiger partial charge in [0.05, 0.1) is 0 Å². The average Bonchev–Trinajstić information content (AvgIpc) is 3.45. The molecule has 3 aromatic carbocycles. The first kappa shape index (κ1) is 20.8. The van der Waals surface area contributed by atoms with E-state index in [-0.39, 0.29) is 0 Å². The first-order valence-corrected chi connectivity index (χ1v) is 13.0. The molecule has 0 radical (unpaired) electrons. The minimum absolute atomic E-state index is 0.619. The van der Waals surface area contributed by atoms with Gasteiger partial charge in [-0.25, -0.2) is 0 Å². The Balaban J connectivity index is 1.40. The molecule has 0 aromatic heterocycles. The molecule has 168 valence electrons. The molecule has 6 rings (SSSR count). The minimum Gasteiger partial charge on any atom is -0.338 e. The Labute approximate surface area is 199 Å². The molecule has 0 amide bonds. The molecule has 3 aliphatic rings. The van der Waals surface area contributed by atoms with Gasteiger partial charge in [0.15, 0.2) is 0 Å². The summed E-state index contributed by atoms with van der Waals surface area (Å²) < 4.78 is 0. The van der Waals surface area contributed by atoms with Crippen molar-refractivity contribution in [3.05, 3.63) is 95.1 Å². The predicted octanol–water partition coefficient (Wildman–Crippen LogP) is 8.90. The molecule has 2 atom stereocenters. The number of aryl methyl sites for hydroxylation is 1. The van der Waals surface area contributed by atoms with Gasteiger partial charge in [0, 0.05) is 23.3 Å². The van der Waals surface area contributed by atoms with Crippen molar-refractivity contribution in [3.8, 4) is 0 Å². The number of rotatable bonds is 4. The highest BCUT2D eigenvalue weighted by atomic mass is 15.2. The van der Waals surface area contributed by atoms with Crippen molar-refractivity contribution in [3.63, 3.8) is 0 Å². The lowest BCUT2D eigenvalue weighted by Crippen LogP contribution is -2.26. The molecule has 1 heteroatoms. The Hall–Kier alpha value is -2.80. The van der Waals surface area contributed by atoms with Crippen LogP contribution >= 0.6 is 0 Å². The molecular formula is C32H35N. The molecule has 2 unspecified atom stereocenters. The molecule has 1 nitrogen and oxygen atoms in total. The smallest absolute Gasteiger partial charge is 0.0450 e. The second-order valence-corrected chi connectivity index (χ2v) is 10.4. The molecule has 2 saturated carbocycles. The molecule has 2 fully saturated rings. The number of anilines is 2. The first-order chi connectivity index (χ1) is 16.3. The third kappa shape index (κ3) is 3.92. The summed E-state index contributed by atoms with van der Waals surface area (Å²) >= 11 is 0. The summed E-state index contributed by atoms with van der Waals surface area (Å²) in [6, 6.07) is 28.2. The second-order valence-electron chi connectivity index (χ2n) is 10.4. The van der Waals surface area contributed by atoms with Gasteiger partial charge in [-0.05, 0) is 85.1 Å². The molecule has 2 aliphatic carbocycles. The quantitative estimate of drug-likeness (QED) is 0.371. The molecule has 0 N–H and O–H groups in total. The van der Waals surface area contributed by atoms with Crippen LogP contribution < -0.4 is 4.90 Å². The Morgan fingerprint density at radius 1 is 0.788 bits per heavy atom. The maximum Gasteiger partial charge on any atom is 0.0450 e. The van der Waals surface area contributed by atoms with E-state index >= 15 is 0 Å². The van der Waals surface area contributed by atoms with Crippen molar-refractivity contribution < 1.29 is 0 Å². The topological polar surface area (TPSA) is 3.24 Å². The van der Waals surface area contributed by atoms with Crippen molar-refractivity contribution in [1.82, 2.24) is 0 Å². The molecule has 0 bridgehead atoms. The fourth-order valence-electron chi connectivity index (χ4n) is 6.67. The largest absolute Gasteiger partial charge is 0.338 e. The van der Waals surface area contributed by atoms with Crippen LogP contribution in [0.2, 0.25) is 0 Å². The molecule has 3 aromatic rings. The molecule has 1 aliphatic heterocycles. The van der Waals surface area contributed by atoms with Crippen molar-refractivity contribution in [1.29, 1.82) is 0 Å². The zero-order valence-corrected chi connectivity index (χ0v) is 19.8. The molecule has 0 spiro atoms. The predicted molar refractivity (Wildman–Crippen MR) is 141 cm³/mol. The summed E-state index contributed by atoms with van der Waals surface area (Å²) in [5.41, 5.74) is 10.0. The van der Waals surface area contributed by atoms with Crippen LogP contribution in [0.5, 0.6) is 0 Å². The Morgan fingerprint density at radius 3 is 2.36 bits per heavy atom. The van der Waals surface area contributed by atoms with Crippen LogP contribution in [0.25, 0.3) is 11.6 Å². The third-order valence-electron chi connectivity index (χ3n) is 8.31. The lowest BCUT2D eigenvalue weighted by molar-refractivity contribution is 0.430. The summed E-state index contributed by atoms with van der Waals surface area (Å²) in [4.78, 5) is 2.64. The third-order valence-corrected chi connectivity index (χ3v) is 8.31. The van der Waals surface area contributed by atoms with E-state index in [1.165, 1.54) is 79.4 Å². The van der Waals surface area contributed by atoms with Crippen LogP contribution in [0.4, 0.5) is 11.4 Å². The average molecular weight is 434 g/mol. The van der Waals surface area contributed by atoms with Gasteiger partial charge in [-0.3, -0.25) is 0 Å². The van der Waals surface area contributed by atoms with Crippen LogP contribution in [0.3, 0.4) is 0 Å². The number of hydrogen-bond acceptors (Lipinski definition) is 1. The lowest BCUT2D eigenvalue weighted by atomic mass is 9.80. The highest BCUT2D eigenvalue weighted by Gasteiger charge is 2.42. The Kier molecular flexibility index (Phi) is 5.58. The van der Waals surface area contributed by atoms with E-state index in [0.29, 0.717) is 17.9 Å². The SMILES string of the molecule is Cc1ccc(N2c3ccc(/C=C(/c4ccccc4)C4CCCCC4)cc3C3CCCC32)cc1. The number of hydrogen-bond donors (Lipinski definition) is 0. The van der Waals surface area contributed by atoms with E-state index in [1.54, 1.807) is 11.1 Å². The molecule has 33 heavy (non-hydrogen) atoms. The van der Waals surface area contributed by atoms with E-state index in [4.69, 9.17) is 0 Å². The van der Waals surface area contributed by atoms with Gasteiger partial charge in [-0.2, -0.15) is 0 Å². The maximum atomic E-state index is 2.64. The summed E-state index contributed by atoms with van der Waals surface area (Å²) in [6.45, 7) is 2.18. The lowest BCUT2D eigenvalue weighted by Gasteiger charge is -2.27. The van der Waals surface area contributed by atoms with Gasteiger partial charge in [0.25, 0.3) is 0 Å². The highest BCUT2D eigenvalue weighted by Crippen LogP contribution is 2.52. The van der Waals surface area contributed by atoms with Gasteiger partial charge in [0.1, 0.15) is 0 Å². The highest BCUT2D eigenvalue weighted by molar-refractivity contribution is 5.84. The van der Waals surface area contributed by atoms with Gasteiger partial charge in [-0.1, -0.05) is 85.9 Å². The second kappa shape index (κ2) is 8.86. The van der Waals surface area contributed by atoms with Crippen LogP contribution in [-0.4, -0.2) is 6.04 Å². The minimum atomic E-state index is 0.619. The van der Waals surface area contributed by atoms with Crippen LogP contribution in [0.15, 0.2) is 72.8 Å². The van der Waals surface area contributed by atoms with E-state index < -0.39 is 0 Å². The molecule has 0 saturated heterocycles. The summed E-state index contributed by atoms with van der Waals surface area (Å²) in [6.07, 6.45) is 13.3. The van der Waals surface area contributed by atoms with Crippen molar-refractivity contribution in [2.45, 2.75) is 70.3 Å². The van der Waals surface area contributed by atoms with Crippen LogP contribution in [0.1, 0.15) is 79.5 Å². The molecular weight excluding hydrogens is 398 g/mol. The monoisotopic (exact) mass is 433 g/mol. The number of benzene rings is 3. The number of allylic oxidation sites excluding steroid dienone is 1. The van der Waals surface area contributed by atoms with E-state index in [0.717, 1.165) is 0 Å². The Bertz CT molecular complexity index is 1130. The summed E-state index contributed by atoms with van der Waals surface area (Å²) in [7, 11) is 0. The van der Waals surface area contributed by atoms with E-state index in [9.17, 15) is 0 Å². The van der Waals surface area contributed by atoms with Crippen LogP contribution in [0, 0.1) is 12.8 Å². The number of nitrogens with zero attached hydrogens (tertiary/aromatic N) is 1. The zero-order chi connectivity index (χ0) is 22.2. The standard InChI is InChI=1S/C32H35N/c1-23-15-18-27(19-16-23)33-31-14-8-13-28(31)30-22-24(17-20-32(30)33)21-29(25-9-4-2-5-10-25)26-11-6-3-7-12-26/h2,4-5,9-10,15-22,26,28,31H,3,6-8,11-14H2,1H3/b29-21-. The van der Waals surface area contributed by atoms with Gasteiger partial charge < -0.3 is 4.90 Å². The van der Waals surface area contributed by atoms with Gasteiger partial charge >= 0.3 is 0 Å². The molecule has 1 heterocycles. The fraction of sp³-hybridized carbons (Fsp3) is 0.375. The summed E-state index contributed by atoms with van der Waals surface area (Å²) in [5, 5.41) is 0. The van der Waals surface area contributed by atoms with E-state index in [1.807, 2.05) is 0 Å². The number of fused-ring (bicyclic) bond motifs is 3. The normalized spacial score (nSPS) is 22.9. The van der Waals surface area contributed by atoms with Gasteiger partial charge in [-0.15, -0.1) is 0 Å². The Morgan fingerprint density at radius 2 is 1.58 bits per heavy atom. The maximum absolute atomic E-state index is 2.64. The van der Waals surface area contributed by atoms with Crippen molar-refractivity contribution in [2.24, 2.45) is 5.92 Å². The fourth-order valence-corrected chi connectivity index (χ4v) is 6.67. The summed E-state index contributed by atoms with van der Waals surface area (Å²) in [5.74, 6) is 1.36. The van der Waals surface area contributed by atoms with Crippen LogP contribution in [-0.2, 0) is 0 Å². The van der Waals surface area contributed by atoms with Crippen molar-refractivity contribution >= 4 is 23.0 Å².